The van der Waals surface area contributed by atoms with Gasteiger partial charge in [0.05, 0.1) is 25.9 Å². The van der Waals surface area contributed by atoms with Gasteiger partial charge in [-0.3, -0.25) is 9.48 Å². The third kappa shape index (κ3) is 4.03. The molecule has 0 atom stereocenters. The lowest BCUT2D eigenvalue weighted by Gasteiger charge is -2.11. The minimum atomic E-state index is -0.203. The molecule has 7 nitrogen and oxygen atoms in total. The highest BCUT2D eigenvalue weighted by Crippen LogP contribution is 2.34. The Morgan fingerprint density at radius 2 is 1.97 bits per heavy atom. The van der Waals surface area contributed by atoms with Crippen LogP contribution in [-0.2, 0) is 13.6 Å². The van der Waals surface area contributed by atoms with E-state index >= 15 is 0 Å². The van der Waals surface area contributed by atoms with E-state index in [9.17, 15) is 4.79 Å². The number of para-hydroxylation sites is 1. The van der Waals surface area contributed by atoms with E-state index in [1.165, 1.54) is 0 Å². The summed E-state index contributed by atoms with van der Waals surface area (Å²) in [6, 6.07) is 13.2. The minimum absolute atomic E-state index is 0.203. The van der Waals surface area contributed by atoms with Gasteiger partial charge in [0.1, 0.15) is 11.4 Å². The molecule has 1 aliphatic rings. The molecule has 2 heterocycles. The summed E-state index contributed by atoms with van der Waals surface area (Å²) in [5.41, 5.74) is 2.80. The Hall–Kier alpha value is -3.48. The molecule has 3 aromatic rings. The molecule has 0 saturated heterocycles. The number of hydrogen-bond acceptors (Lipinski definition) is 5. The number of amides is 1. The second-order valence-electron chi connectivity index (χ2n) is 6.77. The number of hydrogen-bond donors (Lipinski definition) is 1. The van der Waals surface area contributed by atoms with Crippen LogP contribution in [-0.4, -0.2) is 36.0 Å². The van der Waals surface area contributed by atoms with Crippen molar-refractivity contribution < 1.29 is 19.0 Å². The van der Waals surface area contributed by atoms with Crippen LogP contribution in [0.1, 0.15) is 22.3 Å². The maximum absolute atomic E-state index is 12.9. The fourth-order valence-corrected chi connectivity index (χ4v) is 3.30. The highest BCUT2D eigenvalue weighted by Gasteiger charge is 2.20. The van der Waals surface area contributed by atoms with Crippen LogP contribution in [0.4, 0.5) is 0 Å². The van der Waals surface area contributed by atoms with Gasteiger partial charge in [0.2, 0.25) is 0 Å². The molecule has 0 spiro atoms. The quantitative estimate of drug-likeness (QED) is 0.721. The van der Waals surface area contributed by atoms with Crippen LogP contribution < -0.4 is 19.5 Å². The first-order valence-corrected chi connectivity index (χ1v) is 9.49. The number of benzene rings is 2. The number of carbonyl (C=O) groups is 1. The number of nitrogens with zero attached hydrogens (tertiary/aromatic N) is 2. The lowest BCUT2D eigenvalue weighted by molar-refractivity contribution is 0.0951. The molecular weight excluding hydrogens is 370 g/mol. The third-order valence-electron chi connectivity index (χ3n) is 4.73. The van der Waals surface area contributed by atoms with Crippen LogP contribution in [0.5, 0.6) is 17.2 Å². The van der Waals surface area contributed by atoms with Gasteiger partial charge in [-0.15, -0.1) is 0 Å². The Kier molecular flexibility index (Phi) is 5.37. The Balaban J connectivity index is 1.58. The van der Waals surface area contributed by atoms with Crippen molar-refractivity contribution in [1.82, 2.24) is 15.1 Å². The van der Waals surface area contributed by atoms with Gasteiger partial charge in [-0.25, -0.2) is 0 Å². The SMILES string of the molecule is COc1ccccc1CNC(=O)c1cn(C)nc1-c1ccc2c(c1)OCCCO2. The molecule has 2 aromatic carbocycles. The summed E-state index contributed by atoms with van der Waals surface area (Å²) in [6.45, 7) is 1.59. The zero-order chi connectivity index (χ0) is 20.2. The van der Waals surface area contributed by atoms with Crippen molar-refractivity contribution in [3.63, 3.8) is 0 Å². The average Bonchev–Trinajstić information content (AvgIpc) is 2.99. The highest BCUT2D eigenvalue weighted by molar-refractivity contribution is 5.99. The lowest BCUT2D eigenvalue weighted by Crippen LogP contribution is -2.23. The first-order valence-electron chi connectivity index (χ1n) is 9.49. The number of aromatic nitrogens is 2. The van der Waals surface area contributed by atoms with Gasteiger partial charge in [-0.05, 0) is 24.3 Å². The predicted molar refractivity (Wildman–Crippen MR) is 108 cm³/mol. The van der Waals surface area contributed by atoms with E-state index in [0.29, 0.717) is 42.5 Å². The molecule has 0 aliphatic carbocycles. The highest BCUT2D eigenvalue weighted by atomic mass is 16.5. The molecule has 29 heavy (non-hydrogen) atoms. The van der Waals surface area contributed by atoms with Gasteiger partial charge in [0, 0.05) is 37.3 Å². The summed E-state index contributed by atoms with van der Waals surface area (Å²) >= 11 is 0. The molecular formula is C22H23N3O4. The normalized spacial score (nSPS) is 12.9. The van der Waals surface area contributed by atoms with E-state index in [1.807, 2.05) is 42.5 Å². The van der Waals surface area contributed by atoms with E-state index in [4.69, 9.17) is 14.2 Å². The number of nitrogens with one attached hydrogen (secondary N) is 1. The molecule has 0 radical (unpaired) electrons. The fraction of sp³-hybridized carbons (Fsp3) is 0.273. The summed E-state index contributed by atoms with van der Waals surface area (Å²) in [5.74, 6) is 1.92. The smallest absolute Gasteiger partial charge is 0.255 e. The number of ether oxygens (including phenoxy) is 3. The Labute approximate surface area is 169 Å². The second-order valence-corrected chi connectivity index (χ2v) is 6.77. The van der Waals surface area contributed by atoms with Crippen LogP contribution in [0, 0.1) is 0 Å². The van der Waals surface area contributed by atoms with Gasteiger partial charge in [0.25, 0.3) is 5.91 Å². The van der Waals surface area contributed by atoms with E-state index in [0.717, 1.165) is 23.3 Å². The van der Waals surface area contributed by atoms with Gasteiger partial charge in [-0.1, -0.05) is 18.2 Å². The number of fused-ring (bicyclic) bond motifs is 1. The van der Waals surface area contributed by atoms with E-state index in [1.54, 1.807) is 25.0 Å². The standard InChI is InChI=1S/C22H23N3O4/c1-25-14-17(22(26)23-13-16-6-3-4-7-18(16)27-2)21(24-25)15-8-9-19-20(12-15)29-11-5-10-28-19/h3-4,6-9,12,14H,5,10-11,13H2,1-2H3,(H,23,26). The minimum Gasteiger partial charge on any atom is -0.496 e. The molecule has 1 amide bonds. The van der Waals surface area contributed by atoms with Crippen LogP contribution in [0.3, 0.4) is 0 Å². The molecule has 150 valence electrons. The Bertz CT molecular complexity index is 1030. The van der Waals surface area contributed by atoms with E-state index in [-0.39, 0.29) is 5.91 Å². The second kappa shape index (κ2) is 8.26. The van der Waals surface area contributed by atoms with Gasteiger partial charge in [-0.2, -0.15) is 5.10 Å². The molecule has 1 aliphatic heterocycles. The maximum atomic E-state index is 12.9. The van der Waals surface area contributed by atoms with Crippen LogP contribution >= 0.6 is 0 Å². The van der Waals surface area contributed by atoms with Crippen molar-refractivity contribution in [2.24, 2.45) is 7.05 Å². The van der Waals surface area contributed by atoms with Gasteiger partial charge >= 0.3 is 0 Å². The molecule has 0 bridgehead atoms. The van der Waals surface area contributed by atoms with Crippen LogP contribution in [0.25, 0.3) is 11.3 Å². The van der Waals surface area contributed by atoms with Gasteiger partial charge in [0.15, 0.2) is 11.5 Å². The monoisotopic (exact) mass is 393 g/mol. The molecule has 1 aromatic heterocycles. The van der Waals surface area contributed by atoms with Crippen LogP contribution in [0.2, 0.25) is 0 Å². The maximum Gasteiger partial charge on any atom is 0.255 e. The van der Waals surface area contributed by atoms with Crippen molar-refractivity contribution in [3.8, 4) is 28.5 Å². The van der Waals surface area contributed by atoms with Crippen molar-refractivity contribution in [3.05, 3.63) is 59.8 Å². The Morgan fingerprint density at radius 1 is 1.17 bits per heavy atom. The summed E-state index contributed by atoms with van der Waals surface area (Å²) in [7, 11) is 3.41. The predicted octanol–water partition coefficient (Wildman–Crippen LogP) is 3.19. The third-order valence-corrected chi connectivity index (χ3v) is 4.73. The van der Waals surface area contributed by atoms with Crippen molar-refractivity contribution in [2.75, 3.05) is 20.3 Å². The first kappa shape index (κ1) is 18.9. The summed E-state index contributed by atoms with van der Waals surface area (Å²) in [5, 5.41) is 7.46. The fourth-order valence-electron chi connectivity index (χ4n) is 3.30. The number of methoxy groups -OCH3 is 1. The van der Waals surface area contributed by atoms with Crippen molar-refractivity contribution in [1.29, 1.82) is 0 Å². The van der Waals surface area contributed by atoms with E-state index < -0.39 is 0 Å². The Morgan fingerprint density at radius 3 is 2.79 bits per heavy atom. The van der Waals surface area contributed by atoms with Crippen LogP contribution in [0.15, 0.2) is 48.7 Å². The molecule has 7 heteroatoms. The summed E-state index contributed by atoms with van der Waals surface area (Å²) in [6.07, 6.45) is 2.56. The average molecular weight is 393 g/mol. The number of aryl methyl sites for hydroxylation is 1. The van der Waals surface area contributed by atoms with Crippen molar-refractivity contribution >= 4 is 5.91 Å². The zero-order valence-electron chi connectivity index (χ0n) is 16.5. The first-order chi connectivity index (χ1) is 14.2. The topological polar surface area (TPSA) is 74.6 Å². The molecule has 0 fully saturated rings. The van der Waals surface area contributed by atoms with Crippen molar-refractivity contribution in [2.45, 2.75) is 13.0 Å². The van der Waals surface area contributed by atoms with Gasteiger partial charge < -0.3 is 19.5 Å². The molecule has 1 N–H and O–H groups in total. The molecule has 4 rings (SSSR count). The molecule has 0 saturated carbocycles. The lowest BCUT2D eigenvalue weighted by atomic mass is 10.1. The van der Waals surface area contributed by atoms with E-state index in [2.05, 4.69) is 10.4 Å². The summed E-state index contributed by atoms with van der Waals surface area (Å²) < 4.78 is 18.4. The number of carbonyl (C=O) groups excluding carboxylic acids is 1. The number of rotatable bonds is 5. The largest absolute Gasteiger partial charge is 0.496 e. The zero-order valence-corrected chi connectivity index (χ0v) is 16.5. The molecule has 0 unspecified atom stereocenters. The summed E-state index contributed by atoms with van der Waals surface area (Å²) in [4.78, 5) is 12.9.